The Kier molecular flexibility index (Phi) is 8.70. The first-order valence-corrected chi connectivity index (χ1v) is 13.7. The van der Waals surface area contributed by atoms with E-state index in [0.29, 0.717) is 17.9 Å². The van der Waals surface area contributed by atoms with Crippen LogP contribution in [0.25, 0.3) is 0 Å². The third kappa shape index (κ3) is 9.14. The molecule has 0 bridgehead atoms. The number of aromatic nitrogens is 3. The highest BCUT2D eigenvalue weighted by atomic mass is 15.2. The van der Waals surface area contributed by atoms with Crippen LogP contribution in [-0.4, -0.2) is 56.2 Å². The molecule has 0 aliphatic carbocycles. The smallest absolute Gasteiger partial charge is 0.227 e. The molecule has 2 saturated heterocycles. The molecule has 2 fully saturated rings. The summed E-state index contributed by atoms with van der Waals surface area (Å²) in [7, 11) is 0. The molecule has 35 heavy (non-hydrogen) atoms. The van der Waals surface area contributed by atoms with Gasteiger partial charge in [-0.1, -0.05) is 12.8 Å². The molecular formula is C27H52N8. The molecule has 0 radical (unpaired) electrons. The highest BCUT2D eigenvalue weighted by molar-refractivity contribution is 5.32. The van der Waals surface area contributed by atoms with Crippen molar-refractivity contribution in [2.75, 3.05) is 24.1 Å². The van der Waals surface area contributed by atoms with Crippen LogP contribution >= 0.6 is 0 Å². The van der Waals surface area contributed by atoms with Crippen LogP contribution in [0.1, 0.15) is 118 Å². The van der Waals surface area contributed by atoms with Crippen molar-refractivity contribution < 1.29 is 0 Å². The van der Waals surface area contributed by atoms with E-state index < -0.39 is 0 Å². The van der Waals surface area contributed by atoms with Gasteiger partial charge in [0.15, 0.2) is 0 Å². The van der Waals surface area contributed by atoms with E-state index in [-0.39, 0.29) is 28.1 Å². The van der Waals surface area contributed by atoms with Crippen molar-refractivity contribution in [3.63, 3.8) is 0 Å². The largest absolute Gasteiger partial charge is 0.368 e. The predicted octanol–water partition coefficient (Wildman–Crippen LogP) is 4.35. The third-order valence-corrected chi connectivity index (χ3v) is 7.24. The molecule has 0 atom stereocenters. The van der Waals surface area contributed by atoms with Gasteiger partial charge < -0.3 is 27.0 Å². The Morgan fingerprint density at radius 1 is 0.714 bits per heavy atom. The van der Waals surface area contributed by atoms with Gasteiger partial charge in [-0.15, -0.1) is 0 Å². The number of unbranched alkanes of at least 4 members (excludes halogenated alkanes) is 3. The van der Waals surface area contributed by atoms with Crippen LogP contribution < -0.4 is 27.0 Å². The number of rotatable bonds is 10. The Morgan fingerprint density at radius 3 is 1.80 bits per heavy atom. The standard InChI is InChI=1S/C27H52N8/c1-24(2)15-19(16-25(3,4)34-24)21-31-22(28)33-23(32-21)30-14-12-10-9-11-13-29-20-17-26(5,6)35-27(7,8)18-20/h19-20,29,34-35H,9-18H2,1-8H3,(H3,28,30,31,32,33). The summed E-state index contributed by atoms with van der Waals surface area (Å²) in [6.07, 6.45) is 9.09. The van der Waals surface area contributed by atoms with E-state index in [9.17, 15) is 0 Å². The third-order valence-electron chi connectivity index (χ3n) is 7.24. The molecule has 0 spiro atoms. The van der Waals surface area contributed by atoms with Crippen molar-refractivity contribution in [3.05, 3.63) is 5.82 Å². The monoisotopic (exact) mass is 488 g/mol. The van der Waals surface area contributed by atoms with Gasteiger partial charge in [-0.05, 0) is 100 Å². The highest BCUT2D eigenvalue weighted by Crippen LogP contribution is 2.38. The summed E-state index contributed by atoms with van der Waals surface area (Å²) >= 11 is 0. The number of piperidine rings is 2. The average molecular weight is 489 g/mol. The summed E-state index contributed by atoms with van der Waals surface area (Å²) < 4.78 is 0. The molecule has 8 nitrogen and oxygen atoms in total. The van der Waals surface area contributed by atoms with Crippen molar-refractivity contribution in [3.8, 4) is 0 Å². The second kappa shape index (κ2) is 10.9. The zero-order valence-corrected chi connectivity index (χ0v) is 23.6. The lowest BCUT2D eigenvalue weighted by atomic mass is 9.75. The number of nitrogens with zero attached hydrogens (tertiary/aromatic N) is 3. The van der Waals surface area contributed by atoms with Crippen molar-refractivity contribution in [2.45, 2.75) is 141 Å². The van der Waals surface area contributed by atoms with Crippen molar-refractivity contribution in [1.82, 2.24) is 30.9 Å². The van der Waals surface area contributed by atoms with Crippen LogP contribution in [0.4, 0.5) is 11.9 Å². The average Bonchev–Trinajstić information content (AvgIpc) is 2.65. The first-order chi connectivity index (χ1) is 16.1. The van der Waals surface area contributed by atoms with Gasteiger partial charge in [0.1, 0.15) is 5.82 Å². The van der Waals surface area contributed by atoms with Gasteiger partial charge in [0, 0.05) is 40.7 Å². The fourth-order valence-corrected chi connectivity index (χ4v) is 6.75. The molecule has 2 aliphatic rings. The minimum absolute atomic E-state index is 0.0382. The maximum Gasteiger partial charge on any atom is 0.227 e. The van der Waals surface area contributed by atoms with Gasteiger partial charge in [0.25, 0.3) is 0 Å². The molecule has 3 rings (SSSR count). The molecule has 200 valence electrons. The summed E-state index contributed by atoms with van der Waals surface area (Å²) in [5.74, 6) is 2.01. The molecule has 6 N–H and O–H groups in total. The fourth-order valence-electron chi connectivity index (χ4n) is 6.75. The number of nitrogen functional groups attached to an aromatic ring is 1. The Bertz CT molecular complexity index is 800. The molecular weight excluding hydrogens is 436 g/mol. The highest BCUT2D eigenvalue weighted by Gasteiger charge is 2.40. The number of anilines is 2. The van der Waals surface area contributed by atoms with Gasteiger partial charge >= 0.3 is 0 Å². The van der Waals surface area contributed by atoms with Crippen molar-refractivity contribution >= 4 is 11.9 Å². The second-order valence-electron chi connectivity index (χ2n) is 13.7. The maximum atomic E-state index is 6.05. The first-order valence-electron chi connectivity index (χ1n) is 13.7. The van der Waals surface area contributed by atoms with Crippen molar-refractivity contribution in [1.29, 1.82) is 0 Å². The molecule has 1 aromatic heterocycles. The quantitative estimate of drug-likeness (QED) is 0.309. The lowest BCUT2D eigenvalue weighted by Gasteiger charge is -2.46. The summed E-state index contributed by atoms with van der Waals surface area (Å²) in [5, 5.41) is 14.7. The predicted molar refractivity (Wildman–Crippen MR) is 147 cm³/mol. The topological polar surface area (TPSA) is 113 Å². The van der Waals surface area contributed by atoms with E-state index >= 15 is 0 Å². The summed E-state index contributed by atoms with van der Waals surface area (Å²) in [6.45, 7) is 20.2. The maximum absolute atomic E-state index is 6.05. The fraction of sp³-hybridized carbons (Fsp3) is 0.889. The van der Waals surface area contributed by atoms with E-state index in [0.717, 1.165) is 38.2 Å². The summed E-state index contributed by atoms with van der Waals surface area (Å²) in [6, 6.07) is 0.600. The number of hydrogen-bond acceptors (Lipinski definition) is 8. The number of hydrogen-bond donors (Lipinski definition) is 5. The van der Waals surface area contributed by atoms with Gasteiger partial charge in [-0.3, -0.25) is 0 Å². The minimum Gasteiger partial charge on any atom is -0.368 e. The zero-order valence-electron chi connectivity index (χ0n) is 23.6. The second-order valence-corrected chi connectivity index (χ2v) is 13.7. The normalized spacial score (nSPS) is 23.8. The van der Waals surface area contributed by atoms with Crippen LogP contribution in [0.5, 0.6) is 0 Å². The molecule has 0 unspecified atom stereocenters. The lowest BCUT2D eigenvalue weighted by molar-refractivity contribution is 0.146. The van der Waals surface area contributed by atoms with E-state index in [1.165, 1.54) is 32.1 Å². The van der Waals surface area contributed by atoms with Gasteiger partial charge in [0.05, 0.1) is 0 Å². The molecule has 0 amide bonds. The first kappa shape index (κ1) is 28.1. The van der Waals surface area contributed by atoms with Gasteiger partial charge in [-0.2, -0.15) is 15.0 Å². The van der Waals surface area contributed by atoms with E-state index in [2.05, 4.69) is 86.6 Å². The summed E-state index contributed by atoms with van der Waals surface area (Å²) in [5.41, 5.74) is 6.53. The van der Waals surface area contributed by atoms with Crippen LogP contribution in [0.3, 0.4) is 0 Å². The molecule has 2 aliphatic heterocycles. The Hall–Kier alpha value is -1.51. The molecule has 1 aromatic rings. The van der Waals surface area contributed by atoms with Crippen LogP contribution in [0.15, 0.2) is 0 Å². The van der Waals surface area contributed by atoms with Gasteiger partial charge in [-0.25, -0.2) is 0 Å². The molecule has 8 heteroatoms. The minimum atomic E-state index is 0.0382. The Labute approximate surface area is 213 Å². The van der Waals surface area contributed by atoms with E-state index in [1.54, 1.807) is 0 Å². The van der Waals surface area contributed by atoms with Crippen LogP contribution in [0, 0.1) is 0 Å². The SMILES string of the molecule is CC1(C)CC(NCCCCCCNc2nc(N)nc(C3CC(C)(C)NC(C)(C)C3)n2)CC(C)(C)N1. The van der Waals surface area contributed by atoms with Crippen molar-refractivity contribution in [2.24, 2.45) is 0 Å². The lowest BCUT2D eigenvalue weighted by Crippen LogP contribution is -2.61. The zero-order chi connectivity index (χ0) is 25.9. The molecule has 0 saturated carbocycles. The Balaban J connectivity index is 1.37. The van der Waals surface area contributed by atoms with Crippen LogP contribution in [-0.2, 0) is 0 Å². The van der Waals surface area contributed by atoms with Gasteiger partial charge in [0.2, 0.25) is 11.9 Å². The molecule has 0 aromatic carbocycles. The summed E-state index contributed by atoms with van der Waals surface area (Å²) in [4.78, 5) is 13.6. The van der Waals surface area contributed by atoms with Crippen LogP contribution in [0.2, 0.25) is 0 Å². The van der Waals surface area contributed by atoms with E-state index in [4.69, 9.17) is 10.7 Å². The number of nitrogens with one attached hydrogen (secondary N) is 4. The van der Waals surface area contributed by atoms with E-state index in [1.807, 2.05) is 0 Å². The Morgan fingerprint density at radius 2 is 1.23 bits per heavy atom. The number of nitrogens with two attached hydrogens (primary N) is 1. The molecule has 3 heterocycles.